The minimum atomic E-state index is -0.786. The Morgan fingerprint density at radius 2 is 1.90 bits per heavy atom. The molecule has 2 aromatic rings. The van der Waals surface area contributed by atoms with Crippen LogP contribution in [0.3, 0.4) is 0 Å². The van der Waals surface area contributed by atoms with Gasteiger partial charge in [0, 0.05) is 23.7 Å². The van der Waals surface area contributed by atoms with Crippen molar-refractivity contribution in [1.29, 1.82) is 0 Å². The van der Waals surface area contributed by atoms with Crippen molar-refractivity contribution in [3.8, 4) is 5.75 Å². The second kappa shape index (κ2) is 9.78. The number of ether oxygens (including phenoxy) is 1. The van der Waals surface area contributed by atoms with Crippen LogP contribution in [-0.4, -0.2) is 46.6 Å². The highest BCUT2D eigenvalue weighted by atomic mass is 35.5. The Labute approximate surface area is 180 Å². The Bertz CT molecular complexity index is 954. The van der Waals surface area contributed by atoms with Gasteiger partial charge in [-0.1, -0.05) is 30.7 Å². The van der Waals surface area contributed by atoms with Gasteiger partial charge in [-0.15, -0.1) is 0 Å². The molecule has 158 valence electrons. The summed E-state index contributed by atoms with van der Waals surface area (Å²) in [7, 11) is 0. The number of amides is 1. The molecule has 1 saturated heterocycles. The van der Waals surface area contributed by atoms with Crippen LogP contribution in [0.5, 0.6) is 5.75 Å². The number of carbonyl (C=O) groups is 2. The summed E-state index contributed by atoms with van der Waals surface area (Å²) in [6, 6.07) is 12.8. The first-order chi connectivity index (χ1) is 14.5. The van der Waals surface area contributed by atoms with Crippen molar-refractivity contribution >= 4 is 29.1 Å². The first kappa shape index (κ1) is 21.9. The van der Waals surface area contributed by atoms with Gasteiger partial charge in [0.1, 0.15) is 11.5 Å². The van der Waals surface area contributed by atoms with E-state index >= 15 is 0 Å². The zero-order chi connectivity index (χ0) is 21.7. The molecule has 3 rings (SSSR count). The monoisotopic (exact) mass is 429 g/mol. The van der Waals surface area contributed by atoms with Crippen LogP contribution in [0, 0.1) is 0 Å². The normalized spacial score (nSPS) is 18.1. The molecule has 0 aliphatic carbocycles. The second-order valence-electron chi connectivity index (χ2n) is 7.00. The van der Waals surface area contributed by atoms with Crippen LogP contribution < -0.4 is 4.74 Å². The van der Waals surface area contributed by atoms with Gasteiger partial charge in [-0.2, -0.15) is 0 Å². The third kappa shape index (κ3) is 4.50. The number of aliphatic hydroxyl groups excluding tert-OH is 2. The first-order valence-electron chi connectivity index (χ1n) is 9.86. The molecule has 0 bridgehead atoms. The van der Waals surface area contributed by atoms with Gasteiger partial charge in [0.25, 0.3) is 11.7 Å². The zero-order valence-corrected chi connectivity index (χ0v) is 17.4. The molecule has 1 fully saturated rings. The molecule has 0 spiro atoms. The van der Waals surface area contributed by atoms with E-state index in [1.54, 1.807) is 48.5 Å². The largest absolute Gasteiger partial charge is 0.507 e. The van der Waals surface area contributed by atoms with E-state index in [2.05, 4.69) is 0 Å². The first-order valence-corrected chi connectivity index (χ1v) is 10.2. The van der Waals surface area contributed by atoms with Crippen LogP contribution in [0.25, 0.3) is 5.76 Å². The number of benzene rings is 2. The summed E-state index contributed by atoms with van der Waals surface area (Å²) in [5, 5.41) is 20.6. The number of likely N-dealkylation sites (tertiary alicyclic amines) is 1. The van der Waals surface area contributed by atoms with Crippen molar-refractivity contribution < 1.29 is 24.5 Å². The van der Waals surface area contributed by atoms with Crippen molar-refractivity contribution in [2.45, 2.75) is 25.8 Å². The number of Topliss-reactive ketones (excluding diaryl/α,β-unsaturated/α-hetero) is 1. The lowest BCUT2D eigenvalue weighted by Gasteiger charge is -2.25. The highest BCUT2D eigenvalue weighted by Crippen LogP contribution is 2.40. The van der Waals surface area contributed by atoms with Crippen LogP contribution in [0.15, 0.2) is 54.1 Å². The van der Waals surface area contributed by atoms with Crippen LogP contribution >= 0.6 is 11.6 Å². The molecule has 2 aromatic carbocycles. The molecular formula is C23H24ClNO5. The van der Waals surface area contributed by atoms with Gasteiger partial charge in [0.2, 0.25) is 0 Å². The Balaban J connectivity index is 2.06. The van der Waals surface area contributed by atoms with Crippen molar-refractivity contribution in [1.82, 2.24) is 4.90 Å². The van der Waals surface area contributed by atoms with Crippen LogP contribution in [0.1, 0.15) is 36.9 Å². The zero-order valence-electron chi connectivity index (χ0n) is 16.7. The lowest BCUT2D eigenvalue weighted by molar-refractivity contribution is -0.140. The highest BCUT2D eigenvalue weighted by molar-refractivity contribution is 6.46. The Kier molecular flexibility index (Phi) is 7.13. The minimum absolute atomic E-state index is 0.00225. The molecule has 0 saturated carbocycles. The van der Waals surface area contributed by atoms with E-state index in [0.29, 0.717) is 34.9 Å². The maximum atomic E-state index is 12.8. The van der Waals surface area contributed by atoms with E-state index < -0.39 is 17.7 Å². The van der Waals surface area contributed by atoms with Gasteiger partial charge in [0.15, 0.2) is 0 Å². The Morgan fingerprint density at radius 1 is 1.17 bits per heavy atom. The molecule has 1 aliphatic heterocycles. The third-order valence-electron chi connectivity index (χ3n) is 4.86. The van der Waals surface area contributed by atoms with E-state index in [4.69, 9.17) is 16.3 Å². The molecule has 1 amide bonds. The number of hydrogen-bond donors (Lipinski definition) is 2. The summed E-state index contributed by atoms with van der Waals surface area (Å²) in [5.74, 6) is -1.07. The van der Waals surface area contributed by atoms with Crippen LogP contribution in [-0.2, 0) is 9.59 Å². The summed E-state index contributed by atoms with van der Waals surface area (Å²) < 4.78 is 5.55. The number of ketones is 1. The van der Waals surface area contributed by atoms with Gasteiger partial charge >= 0.3 is 0 Å². The molecule has 2 N–H and O–H groups in total. The van der Waals surface area contributed by atoms with Gasteiger partial charge in [-0.3, -0.25) is 9.59 Å². The molecule has 0 radical (unpaired) electrons. The summed E-state index contributed by atoms with van der Waals surface area (Å²) in [4.78, 5) is 26.9. The standard InChI is InChI=1S/C23H24ClNO5/c1-2-13-30-18-9-7-15(8-10-18)21(27)19-20(16-5-3-6-17(24)14-16)25(11-4-12-26)23(29)22(19)28/h3,5-10,14,20,26-27H,2,4,11-13H2,1H3. The summed E-state index contributed by atoms with van der Waals surface area (Å²) in [6.07, 6.45) is 1.19. The molecule has 30 heavy (non-hydrogen) atoms. The van der Waals surface area contributed by atoms with E-state index in [-0.39, 0.29) is 24.5 Å². The average Bonchev–Trinajstić information content (AvgIpc) is 3.01. The predicted octanol–water partition coefficient (Wildman–Crippen LogP) is 3.93. The third-order valence-corrected chi connectivity index (χ3v) is 5.10. The number of aliphatic hydroxyl groups is 2. The maximum absolute atomic E-state index is 12.8. The van der Waals surface area contributed by atoms with E-state index in [1.807, 2.05) is 6.92 Å². The summed E-state index contributed by atoms with van der Waals surface area (Å²) in [6.45, 7) is 2.64. The number of nitrogens with zero attached hydrogens (tertiary/aromatic N) is 1. The fraction of sp³-hybridized carbons (Fsp3) is 0.304. The van der Waals surface area contributed by atoms with Gasteiger partial charge in [-0.05, 0) is 54.8 Å². The quantitative estimate of drug-likeness (QED) is 0.377. The van der Waals surface area contributed by atoms with Crippen molar-refractivity contribution in [2.75, 3.05) is 19.8 Å². The fourth-order valence-corrected chi connectivity index (χ4v) is 3.66. The summed E-state index contributed by atoms with van der Waals surface area (Å²) >= 11 is 6.13. The van der Waals surface area contributed by atoms with Gasteiger partial charge in [0.05, 0.1) is 18.2 Å². The number of halogens is 1. The lowest BCUT2D eigenvalue weighted by atomic mass is 9.95. The molecule has 1 aliphatic rings. The van der Waals surface area contributed by atoms with E-state index in [9.17, 15) is 19.8 Å². The number of carbonyl (C=O) groups excluding carboxylic acids is 2. The molecular weight excluding hydrogens is 406 g/mol. The lowest BCUT2D eigenvalue weighted by Crippen LogP contribution is -2.31. The average molecular weight is 430 g/mol. The molecule has 6 nitrogen and oxygen atoms in total. The molecule has 7 heteroatoms. The number of rotatable bonds is 8. The highest BCUT2D eigenvalue weighted by Gasteiger charge is 2.45. The van der Waals surface area contributed by atoms with Gasteiger partial charge in [-0.25, -0.2) is 0 Å². The SMILES string of the molecule is CCCOc1ccc(C(O)=C2C(=O)C(=O)N(CCCO)C2c2cccc(Cl)c2)cc1. The predicted molar refractivity (Wildman–Crippen MR) is 114 cm³/mol. The smallest absolute Gasteiger partial charge is 0.295 e. The van der Waals surface area contributed by atoms with E-state index in [0.717, 1.165) is 6.42 Å². The molecule has 1 atom stereocenters. The van der Waals surface area contributed by atoms with Crippen LogP contribution in [0.4, 0.5) is 0 Å². The molecule has 0 aromatic heterocycles. The van der Waals surface area contributed by atoms with Crippen LogP contribution in [0.2, 0.25) is 5.02 Å². The van der Waals surface area contributed by atoms with Gasteiger partial charge < -0.3 is 19.8 Å². The summed E-state index contributed by atoms with van der Waals surface area (Å²) in [5.41, 5.74) is 1.03. The topological polar surface area (TPSA) is 87.1 Å². The second-order valence-corrected chi connectivity index (χ2v) is 7.43. The minimum Gasteiger partial charge on any atom is -0.507 e. The van der Waals surface area contributed by atoms with Crippen molar-refractivity contribution in [2.24, 2.45) is 0 Å². The maximum Gasteiger partial charge on any atom is 0.295 e. The number of hydrogen-bond acceptors (Lipinski definition) is 5. The Hall–Kier alpha value is -2.83. The van der Waals surface area contributed by atoms with E-state index in [1.165, 1.54) is 4.90 Å². The fourth-order valence-electron chi connectivity index (χ4n) is 3.46. The van der Waals surface area contributed by atoms with Crippen molar-refractivity contribution in [3.05, 3.63) is 70.3 Å². The Morgan fingerprint density at radius 3 is 2.53 bits per heavy atom. The van der Waals surface area contributed by atoms with Crippen molar-refractivity contribution in [3.63, 3.8) is 0 Å². The molecule has 1 heterocycles. The molecule has 1 unspecified atom stereocenters.